The van der Waals surface area contributed by atoms with E-state index < -0.39 is 12.2 Å². The Labute approximate surface area is 209 Å². The van der Waals surface area contributed by atoms with E-state index in [9.17, 15) is 9.59 Å². The Kier molecular flexibility index (Phi) is 6.74. The van der Waals surface area contributed by atoms with Gasteiger partial charge in [-0.15, -0.1) is 0 Å². The van der Waals surface area contributed by atoms with Crippen LogP contribution in [0.3, 0.4) is 0 Å². The molecular formula is C31H38O4. The average Bonchev–Trinajstić information content (AvgIpc) is 3.46. The summed E-state index contributed by atoms with van der Waals surface area (Å²) < 4.78 is 12.4. The molecule has 186 valence electrons. The van der Waals surface area contributed by atoms with Crippen molar-refractivity contribution < 1.29 is 19.1 Å². The van der Waals surface area contributed by atoms with Gasteiger partial charge in [0.1, 0.15) is 12.2 Å². The number of hydrogen-bond acceptors (Lipinski definition) is 4. The highest BCUT2D eigenvalue weighted by atomic mass is 16.6. The van der Waals surface area contributed by atoms with Crippen molar-refractivity contribution in [3.63, 3.8) is 0 Å². The van der Waals surface area contributed by atoms with E-state index in [1.54, 1.807) is 0 Å². The van der Waals surface area contributed by atoms with Crippen LogP contribution in [0, 0.1) is 23.7 Å². The zero-order chi connectivity index (χ0) is 24.7. The first-order valence-electron chi connectivity index (χ1n) is 13.4. The molecule has 5 rings (SSSR count). The summed E-state index contributed by atoms with van der Waals surface area (Å²) >= 11 is 0. The third-order valence-corrected chi connectivity index (χ3v) is 8.82. The molecule has 0 amide bonds. The third-order valence-electron chi connectivity index (χ3n) is 8.82. The smallest absolute Gasteiger partial charge is 0.338 e. The number of rotatable bonds is 6. The van der Waals surface area contributed by atoms with E-state index in [4.69, 9.17) is 9.47 Å². The monoisotopic (exact) mass is 474 g/mol. The first kappa shape index (κ1) is 24.1. The van der Waals surface area contributed by atoms with Crippen molar-refractivity contribution in [3.05, 3.63) is 70.8 Å². The number of carbonyl (C=O) groups excluding carboxylic acids is 2. The van der Waals surface area contributed by atoms with Gasteiger partial charge in [-0.1, -0.05) is 64.1 Å². The lowest BCUT2D eigenvalue weighted by molar-refractivity contribution is -0.0823. The van der Waals surface area contributed by atoms with Crippen molar-refractivity contribution in [2.45, 2.75) is 83.8 Å². The molecule has 4 heteroatoms. The molecule has 0 radical (unpaired) electrons. The van der Waals surface area contributed by atoms with Gasteiger partial charge in [0.15, 0.2) is 0 Å². The fourth-order valence-corrected chi connectivity index (χ4v) is 7.13. The van der Waals surface area contributed by atoms with Crippen LogP contribution in [0.4, 0.5) is 0 Å². The second-order valence-corrected chi connectivity index (χ2v) is 11.5. The summed E-state index contributed by atoms with van der Waals surface area (Å²) in [6.07, 6.45) is 4.64. The van der Waals surface area contributed by atoms with E-state index >= 15 is 0 Å². The quantitative estimate of drug-likeness (QED) is 0.418. The van der Waals surface area contributed by atoms with E-state index in [2.05, 4.69) is 27.7 Å². The van der Waals surface area contributed by atoms with Crippen molar-refractivity contribution in [2.24, 2.45) is 23.7 Å². The maximum absolute atomic E-state index is 13.4. The van der Waals surface area contributed by atoms with Crippen molar-refractivity contribution in [2.75, 3.05) is 0 Å². The number of esters is 2. The zero-order valence-electron chi connectivity index (χ0n) is 21.4. The first-order chi connectivity index (χ1) is 16.8. The molecule has 2 aromatic rings. The number of hydrogen-bond donors (Lipinski definition) is 0. The third kappa shape index (κ3) is 4.64. The van der Waals surface area contributed by atoms with E-state index in [-0.39, 0.29) is 23.8 Å². The Morgan fingerprint density at radius 1 is 0.657 bits per heavy atom. The molecule has 0 aliphatic heterocycles. The van der Waals surface area contributed by atoms with E-state index in [1.807, 2.05) is 48.5 Å². The van der Waals surface area contributed by atoms with Gasteiger partial charge in [-0.2, -0.15) is 0 Å². The number of carbonyl (C=O) groups is 2. The lowest BCUT2D eigenvalue weighted by atomic mass is 9.69. The molecule has 4 nitrogen and oxygen atoms in total. The summed E-state index contributed by atoms with van der Waals surface area (Å²) in [5.41, 5.74) is 3.22. The predicted molar refractivity (Wildman–Crippen MR) is 137 cm³/mol. The van der Waals surface area contributed by atoms with Crippen LogP contribution in [0.1, 0.15) is 103 Å². The van der Waals surface area contributed by atoms with Gasteiger partial charge in [0.25, 0.3) is 0 Å². The molecule has 3 aliphatic carbocycles. The fraction of sp³-hybridized carbons (Fsp3) is 0.548. The van der Waals surface area contributed by atoms with Crippen LogP contribution in [-0.2, 0) is 9.47 Å². The van der Waals surface area contributed by atoms with Gasteiger partial charge in [0.05, 0.1) is 11.1 Å². The Morgan fingerprint density at radius 3 is 1.46 bits per heavy atom. The van der Waals surface area contributed by atoms with Gasteiger partial charge in [0, 0.05) is 0 Å². The molecule has 0 saturated heterocycles. The van der Waals surface area contributed by atoms with Crippen molar-refractivity contribution >= 4 is 11.9 Å². The molecule has 2 bridgehead atoms. The number of benzene rings is 2. The second kappa shape index (κ2) is 9.79. The predicted octanol–water partition coefficient (Wildman–Crippen LogP) is 7.14. The molecule has 6 atom stereocenters. The Bertz CT molecular complexity index is 1000. The SMILES string of the molecule is CC(C)c1ccccc1C(=O)OC1CC2C3CCC(C3)C2CC1OC(=O)c1ccccc1C(C)C. The molecule has 0 N–H and O–H groups in total. The summed E-state index contributed by atoms with van der Waals surface area (Å²) in [7, 11) is 0. The minimum Gasteiger partial charge on any atom is -0.455 e. The van der Waals surface area contributed by atoms with Crippen LogP contribution in [0.5, 0.6) is 0 Å². The van der Waals surface area contributed by atoms with Gasteiger partial charge in [0.2, 0.25) is 0 Å². The molecule has 3 fully saturated rings. The summed E-state index contributed by atoms with van der Waals surface area (Å²) in [5, 5.41) is 0. The first-order valence-corrected chi connectivity index (χ1v) is 13.4. The van der Waals surface area contributed by atoms with Gasteiger partial charge in [-0.25, -0.2) is 9.59 Å². The van der Waals surface area contributed by atoms with Crippen molar-refractivity contribution in [1.29, 1.82) is 0 Å². The van der Waals surface area contributed by atoms with E-state index in [1.165, 1.54) is 19.3 Å². The van der Waals surface area contributed by atoms with E-state index in [0.717, 1.165) is 35.8 Å². The average molecular weight is 475 g/mol. The lowest BCUT2D eigenvalue weighted by Crippen LogP contribution is -2.46. The summed E-state index contributed by atoms with van der Waals surface area (Å²) in [5.74, 6) is 2.45. The number of fused-ring (bicyclic) bond motifs is 5. The van der Waals surface area contributed by atoms with Gasteiger partial charge >= 0.3 is 11.9 Å². The molecule has 6 unspecified atom stereocenters. The molecule has 0 aromatic heterocycles. The fourth-order valence-electron chi connectivity index (χ4n) is 7.13. The van der Waals surface area contributed by atoms with Gasteiger partial charge in [-0.05, 0) is 90.9 Å². The molecule has 0 heterocycles. The van der Waals surface area contributed by atoms with Crippen LogP contribution < -0.4 is 0 Å². The topological polar surface area (TPSA) is 52.6 Å². The maximum Gasteiger partial charge on any atom is 0.338 e. The molecule has 2 aromatic carbocycles. The maximum atomic E-state index is 13.4. The second-order valence-electron chi connectivity index (χ2n) is 11.5. The summed E-state index contributed by atoms with van der Waals surface area (Å²) in [6.45, 7) is 8.35. The Morgan fingerprint density at radius 2 is 1.06 bits per heavy atom. The normalized spacial score (nSPS) is 29.3. The van der Waals surface area contributed by atoms with Crippen LogP contribution >= 0.6 is 0 Å². The lowest BCUT2D eigenvalue weighted by Gasteiger charge is -2.42. The van der Waals surface area contributed by atoms with Crippen molar-refractivity contribution in [1.82, 2.24) is 0 Å². The van der Waals surface area contributed by atoms with Crippen LogP contribution in [0.25, 0.3) is 0 Å². The standard InChI is InChI=1S/C31H38O4/c1-18(2)22-9-5-7-11-24(22)30(32)34-28-16-26-20-13-14-21(15-20)27(26)17-29(28)35-31(33)25-12-8-6-10-23(25)19(3)4/h5-12,18-21,26-29H,13-17H2,1-4H3. The molecule has 3 saturated carbocycles. The highest BCUT2D eigenvalue weighted by Crippen LogP contribution is 2.58. The van der Waals surface area contributed by atoms with Crippen LogP contribution in [-0.4, -0.2) is 24.1 Å². The minimum atomic E-state index is -0.404. The molecule has 0 spiro atoms. The highest BCUT2D eigenvalue weighted by Gasteiger charge is 2.53. The van der Waals surface area contributed by atoms with Crippen LogP contribution in [0.2, 0.25) is 0 Å². The summed E-state index contributed by atoms with van der Waals surface area (Å²) in [4.78, 5) is 26.7. The van der Waals surface area contributed by atoms with E-state index in [0.29, 0.717) is 23.0 Å². The molecular weight excluding hydrogens is 436 g/mol. The zero-order valence-corrected chi connectivity index (χ0v) is 21.4. The highest BCUT2D eigenvalue weighted by molar-refractivity contribution is 5.92. The Hall–Kier alpha value is -2.62. The minimum absolute atomic E-state index is 0.223. The van der Waals surface area contributed by atoms with Crippen LogP contribution in [0.15, 0.2) is 48.5 Å². The number of ether oxygens (including phenoxy) is 2. The largest absolute Gasteiger partial charge is 0.455 e. The molecule has 35 heavy (non-hydrogen) atoms. The van der Waals surface area contributed by atoms with Gasteiger partial charge in [-0.3, -0.25) is 0 Å². The summed E-state index contributed by atoms with van der Waals surface area (Å²) in [6, 6.07) is 15.4. The van der Waals surface area contributed by atoms with Crippen molar-refractivity contribution in [3.8, 4) is 0 Å². The van der Waals surface area contributed by atoms with Gasteiger partial charge < -0.3 is 9.47 Å². The Balaban J connectivity index is 1.39. The molecule has 3 aliphatic rings.